The van der Waals surface area contributed by atoms with Gasteiger partial charge in [0.05, 0.1) is 31.4 Å². The van der Waals surface area contributed by atoms with Crippen molar-refractivity contribution in [3.63, 3.8) is 0 Å². The van der Waals surface area contributed by atoms with E-state index in [0.29, 0.717) is 26.1 Å². The van der Waals surface area contributed by atoms with Gasteiger partial charge in [0, 0.05) is 37.3 Å². The molecule has 0 aromatic heterocycles. The molecular weight excluding hydrogens is 594 g/mol. The fourth-order valence-corrected chi connectivity index (χ4v) is 4.94. The maximum Gasteiger partial charge on any atom is 0.338 e. The average molecular weight is 640 g/mol. The number of methoxy groups -OCH3 is 1. The molecule has 0 heterocycles. The highest BCUT2D eigenvalue weighted by Crippen LogP contribution is 2.17. The minimum Gasteiger partial charge on any atom is -0.497 e. The molecule has 2 unspecified atom stereocenters. The summed E-state index contributed by atoms with van der Waals surface area (Å²) in [4.78, 5) is 41.6. The van der Waals surface area contributed by atoms with E-state index >= 15 is 0 Å². The van der Waals surface area contributed by atoms with Crippen molar-refractivity contribution < 1.29 is 29.0 Å². The van der Waals surface area contributed by atoms with Crippen LogP contribution in [-0.2, 0) is 17.7 Å². The highest BCUT2D eigenvalue weighted by Gasteiger charge is 2.25. The largest absolute Gasteiger partial charge is 0.497 e. The van der Waals surface area contributed by atoms with Crippen LogP contribution in [0.5, 0.6) is 5.75 Å². The number of rotatable bonds is 17. The molecule has 0 spiro atoms. The first-order valence-electron chi connectivity index (χ1n) is 15.3. The van der Waals surface area contributed by atoms with Crippen molar-refractivity contribution in [3.8, 4) is 5.75 Å². The zero-order valence-corrected chi connectivity index (χ0v) is 27.4. The standard InChI is InChI=1S/C35H45N3O6.ClH/c1-5-16-38(17-6-2)34(41)28-20-27(21-29(22-28)35(42)44-7-3)33(40)37-31(19-25-12-9-8-10-13-25)32(39)24-36-23-26-14-11-15-30(18-26)43-4;/h8-15,18,20-22,31-32,36,39H,5-7,16-17,19,23-24H2,1-4H3,(H,37,40);1H. The summed E-state index contributed by atoms with van der Waals surface area (Å²) in [6.07, 6.45) is 0.991. The van der Waals surface area contributed by atoms with Crippen LogP contribution in [0, 0.1) is 0 Å². The van der Waals surface area contributed by atoms with E-state index in [9.17, 15) is 19.5 Å². The van der Waals surface area contributed by atoms with Crippen LogP contribution in [0.15, 0.2) is 72.8 Å². The third-order valence-corrected chi connectivity index (χ3v) is 7.12. The number of halogens is 1. The summed E-state index contributed by atoms with van der Waals surface area (Å²) in [6, 6.07) is 21.0. The van der Waals surface area contributed by atoms with Gasteiger partial charge in [0.15, 0.2) is 0 Å². The van der Waals surface area contributed by atoms with Crippen LogP contribution < -0.4 is 15.4 Å². The molecule has 45 heavy (non-hydrogen) atoms. The van der Waals surface area contributed by atoms with E-state index in [1.165, 1.54) is 18.2 Å². The van der Waals surface area contributed by atoms with Crippen LogP contribution in [0.25, 0.3) is 0 Å². The monoisotopic (exact) mass is 639 g/mol. The van der Waals surface area contributed by atoms with Crippen molar-refractivity contribution >= 4 is 30.2 Å². The maximum atomic E-state index is 13.7. The van der Waals surface area contributed by atoms with E-state index in [1.807, 2.05) is 68.4 Å². The summed E-state index contributed by atoms with van der Waals surface area (Å²) < 4.78 is 10.5. The maximum absolute atomic E-state index is 13.7. The Morgan fingerprint density at radius 3 is 2.13 bits per heavy atom. The molecule has 0 aliphatic carbocycles. The fourth-order valence-electron chi connectivity index (χ4n) is 4.94. The van der Waals surface area contributed by atoms with E-state index in [-0.39, 0.29) is 48.2 Å². The van der Waals surface area contributed by atoms with E-state index in [0.717, 1.165) is 29.7 Å². The van der Waals surface area contributed by atoms with Gasteiger partial charge in [0.2, 0.25) is 0 Å². The minimum atomic E-state index is -0.941. The molecular formula is C35H46ClN3O6. The zero-order chi connectivity index (χ0) is 31.9. The number of hydrogen-bond donors (Lipinski definition) is 3. The predicted octanol–water partition coefficient (Wildman–Crippen LogP) is 5.05. The Balaban J connectivity index is 0.00000705. The number of amides is 2. The SMILES string of the molecule is CCCN(CCC)C(=O)c1cc(C(=O)NC(Cc2ccccc2)C(O)CNCc2cccc(OC)c2)cc(C(=O)OCC)c1.Cl. The van der Waals surface area contributed by atoms with Gasteiger partial charge < -0.3 is 30.1 Å². The summed E-state index contributed by atoms with van der Waals surface area (Å²) in [6.45, 7) is 7.68. The van der Waals surface area contributed by atoms with Crippen LogP contribution in [0.3, 0.4) is 0 Å². The number of carbonyl (C=O) groups is 3. The van der Waals surface area contributed by atoms with E-state index in [4.69, 9.17) is 9.47 Å². The normalized spacial score (nSPS) is 11.9. The fraction of sp³-hybridized carbons (Fsp3) is 0.400. The van der Waals surface area contributed by atoms with Crippen LogP contribution in [0.1, 0.15) is 75.8 Å². The van der Waals surface area contributed by atoms with Crippen molar-refractivity contribution in [2.75, 3.05) is 33.4 Å². The Kier molecular flexibility index (Phi) is 16.1. The van der Waals surface area contributed by atoms with Gasteiger partial charge in [0.1, 0.15) is 5.75 Å². The second-order valence-electron chi connectivity index (χ2n) is 10.6. The van der Waals surface area contributed by atoms with E-state index in [1.54, 1.807) is 18.9 Å². The molecule has 2 atom stereocenters. The molecule has 0 saturated heterocycles. The van der Waals surface area contributed by atoms with E-state index < -0.39 is 24.0 Å². The molecule has 3 N–H and O–H groups in total. The number of carbonyl (C=O) groups excluding carboxylic acids is 3. The predicted molar refractivity (Wildman–Crippen MR) is 178 cm³/mol. The molecule has 0 aliphatic rings. The molecule has 9 nitrogen and oxygen atoms in total. The summed E-state index contributed by atoms with van der Waals surface area (Å²) in [7, 11) is 1.61. The molecule has 0 aliphatic heterocycles. The van der Waals surface area contributed by atoms with Crippen LogP contribution in [-0.4, -0.2) is 73.3 Å². The van der Waals surface area contributed by atoms with Gasteiger partial charge in [-0.25, -0.2) is 4.79 Å². The number of aliphatic hydroxyl groups is 1. The molecule has 0 saturated carbocycles. The van der Waals surface area contributed by atoms with Crippen LogP contribution in [0.4, 0.5) is 0 Å². The van der Waals surface area contributed by atoms with Crippen molar-refractivity contribution in [3.05, 3.63) is 101 Å². The Hall–Kier alpha value is -3.92. The Morgan fingerprint density at radius 1 is 0.844 bits per heavy atom. The lowest BCUT2D eigenvalue weighted by Crippen LogP contribution is -2.48. The molecule has 244 valence electrons. The van der Waals surface area contributed by atoms with Crippen molar-refractivity contribution in [1.82, 2.24) is 15.5 Å². The van der Waals surface area contributed by atoms with Gasteiger partial charge in [-0.1, -0.05) is 56.3 Å². The molecule has 10 heteroatoms. The first-order valence-corrected chi connectivity index (χ1v) is 15.3. The number of nitrogens with one attached hydrogen (secondary N) is 2. The van der Waals surface area contributed by atoms with Gasteiger partial charge in [-0.2, -0.15) is 0 Å². The summed E-state index contributed by atoms with van der Waals surface area (Å²) >= 11 is 0. The Bertz CT molecular complexity index is 1360. The lowest BCUT2D eigenvalue weighted by Gasteiger charge is -2.25. The van der Waals surface area contributed by atoms with Gasteiger partial charge in [-0.15, -0.1) is 12.4 Å². The van der Waals surface area contributed by atoms with Gasteiger partial charge in [0.25, 0.3) is 11.8 Å². The molecule has 3 aromatic rings. The first-order chi connectivity index (χ1) is 21.3. The van der Waals surface area contributed by atoms with Crippen molar-refractivity contribution in [2.45, 2.75) is 58.7 Å². The van der Waals surface area contributed by atoms with Gasteiger partial charge >= 0.3 is 5.97 Å². The third-order valence-electron chi connectivity index (χ3n) is 7.12. The number of nitrogens with zero attached hydrogens (tertiary/aromatic N) is 1. The number of ether oxygens (including phenoxy) is 2. The molecule has 0 radical (unpaired) electrons. The van der Waals surface area contributed by atoms with Crippen LogP contribution in [0.2, 0.25) is 0 Å². The minimum absolute atomic E-state index is 0. The zero-order valence-electron chi connectivity index (χ0n) is 26.6. The molecule has 0 bridgehead atoms. The number of hydrogen-bond acceptors (Lipinski definition) is 7. The number of aliphatic hydroxyl groups excluding tert-OH is 1. The average Bonchev–Trinajstić information content (AvgIpc) is 3.04. The van der Waals surface area contributed by atoms with E-state index in [2.05, 4.69) is 10.6 Å². The third kappa shape index (κ3) is 11.5. The van der Waals surface area contributed by atoms with Crippen LogP contribution >= 0.6 is 12.4 Å². The highest BCUT2D eigenvalue weighted by molar-refractivity contribution is 6.03. The topological polar surface area (TPSA) is 117 Å². The Labute approximate surface area is 272 Å². The number of benzene rings is 3. The summed E-state index contributed by atoms with van der Waals surface area (Å²) in [5.74, 6) is -0.627. The molecule has 0 fully saturated rings. The Morgan fingerprint density at radius 2 is 1.49 bits per heavy atom. The second kappa shape index (κ2) is 19.5. The first kappa shape index (κ1) is 37.3. The van der Waals surface area contributed by atoms with Gasteiger partial charge in [-0.3, -0.25) is 9.59 Å². The summed E-state index contributed by atoms with van der Waals surface area (Å²) in [5.41, 5.74) is 2.43. The molecule has 3 rings (SSSR count). The van der Waals surface area contributed by atoms with Crippen molar-refractivity contribution in [1.29, 1.82) is 0 Å². The molecule has 2 amide bonds. The summed E-state index contributed by atoms with van der Waals surface area (Å²) in [5, 5.41) is 17.5. The smallest absolute Gasteiger partial charge is 0.338 e. The lowest BCUT2D eigenvalue weighted by atomic mass is 9.99. The van der Waals surface area contributed by atoms with Gasteiger partial charge in [-0.05, 0) is 67.6 Å². The second-order valence-corrected chi connectivity index (χ2v) is 10.6. The number of esters is 1. The molecule has 3 aromatic carbocycles. The lowest BCUT2D eigenvalue weighted by molar-refractivity contribution is 0.0526. The quantitative estimate of drug-likeness (QED) is 0.177. The van der Waals surface area contributed by atoms with Crippen molar-refractivity contribution in [2.24, 2.45) is 0 Å². The highest BCUT2D eigenvalue weighted by atomic mass is 35.5.